The van der Waals surface area contributed by atoms with Gasteiger partial charge in [0.25, 0.3) is 0 Å². The molecule has 1 saturated heterocycles. The molecule has 1 aromatic heterocycles. The standard InChI is InChI=1S/C12H16N2O3/c1-8-5-9(12(15)16)6-11(13-8)14(2)10-3-4-17-7-10/h5-6,10H,3-4,7H2,1-2H3,(H,15,16). The highest BCUT2D eigenvalue weighted by Gasteiger charge is 2.22. The fourth-order valence-electron chi connectivity index (χ4n) is 1.97. The summed E-state index contributed by atoms with van der Waals surface area (Å²) in [5, 5.41) is 9.01. The van der Waals surface area contributed by atoms with Gasteiger partial charge >= 0.3 is 5.97 Å². The summed E-state index contributed by atoms with van der Waals surface area (Å²) >= 11 is 0. The summed E-state index contributed by atoms with van der Waals surface area (Å²) in [6, 6.07) is 3.46. The number of aromatic nitrogens is 1. The van der Waals surface area contributed by atoms with Gasteiger partial charge in [-0.25, -0.2) is 9.78 Å². The van der Waals surface area contributed by atoms with Crippen LogP contribution in [0.2, 0.25) is 0 Å². The largest absolute Gasteiger partial charge is 0.478 e. The van der Waals surface area contributed by atoms with Gasteiger partial charge in [0, 0.05) is 19.3 Å². The van der Waals surface area contributed by atoms with Gasteiger partial charge in [-0.3, -0.25) is 0 Å². The van der Waals surface area contributed by atoms with E-state index in [-0.39, 0.29) is 11.6 Å². The van der Waals surface area contributed by atoms with E-state index in [1.165, 1.54) is 0 Å². The van der Waals surface area contributed by atoms with E-state index < -0.39 is 5.97 Å². The van der Waals surface area contributed by atoms with E-state index in [0.717, 1.165) is 13.0 Å². The van der Waals surface area contributed by atoms with E-state index in [1.54, 1.807) is 19.1 Å². The number of carboxylic acid groups (broad SMARTS) is 1. The average molecular weight is 236 g/mol. The monoisotopic (exact) mass is 236 g/mol. The van der Waals surface area contributed by atoms with Gasteiger partial charge in [0.15, 0.2) is 0 Å². The molecule has 92 valence electrons. The van der Waals surface area contributed by atoms with Gasteiger partial charge in [-0.1, -0.05) is 0 Å². The lowest BCUT2D eigenvalue weighted by atomic mass is 10.2. The highest BCUT2D eigenvalue weighted by atomic mass is 16.5. The zero-order valence-corrected chi connectivity index (χ0v) is 10.0. The van der Waals surface area contributed by atoms with Crippen LogP contribution in [0.25, 0.3) is 0 Å². The number of aryl methyl sites for hydroxylation is 1. The zero-order valence-electron chi connectivity index (χ0n) is 10.0. The highest BCUT2D eigenvalue weighted by molar-refractivity contribution is 5.88. The Morgan fingerprint density at radius 2 is 2.35 bits per heavy atom. The molecule has 0 saturated carbocycles. The summed E-state index contributed by atoms with van der Waals surface area (Å²) in [6.45, 7) is 3.23. The molecule has 2 heterocycles. The van der Waals surface area contributed by atoms with E-state index in [4.69, 9.17) is 9.84 Å². The molecule has 0 aromatic carbocycles. The number of carboxylic acids is 1. The number of ether oxygens (including phenoxy) is 1. The van der Waals surface area contributed by atoms with Gasteiger partial charge in [0.05, 0.1) is 18.2 Å². The molecule has 5 nitrogen and oxygen atoms in total. The van der Waals surface area contributed by atoms with Crippen molar-refractivity contribution in [2.75, 3.05) is 25.2 Å². The third kappa shape index (κ3) is 2.55. The maximum absolute atomic E-state index is 11.0. The van der Waals surface area contributed by atoms with Crippen molar-refractivity contribution in [1.82, 2.24) is 4.98 Å². The molecule has 1 aliphatic heterocycles. The van der Waals surface area contributed by atoms with E-state index in [9.17, 15) is 4.79 Å². The molecule has 0 aliphatic carbocycles. The predicted molar refractivity (Wildman–Crippen MR) is 63.6 cm³/mol. The van der Waals surface area contributed by atoms with Crippen molar-refractivity contribution in [3.63, 3.8) is 0 Å². The number of hydrogen-bond acceptors (Lipinski definition) is 4. The van der Waals surface area contributed by atoms with Crippen LogP contribution in [0, 0.1) is 6.92 Å². The number of carbonyl (C=O) groups is 1. The number of rotatable bonds is 3. The Morgan fingerprint density at radius 3 is 2.94 bits per heavy atom. The van der Waals surface area contributed by atoms with Gasteiger partial charge in [-0.2, -0.15) is 0 Å². The third-order valence-electron chi connectivity index (χ3n) is 3.00. The number of aromatic carboxylic acids is 1. The van der Waals surface area contributed by atoms with Gasteiger partial charge in [-0.15, -0.1) is 0 Å². The fourth-order valence-corrected chi connectivity index (χ4v) is 1.97. The van der Waals surface area contributed by atoms with Gasteiger partial charge in [0.1, 0.15) is 5.82 Å². The molecule has 0 spiro atoms. The highest BCUT2D eigenvalue weighted by Crippen LogP contribution is 2.20. The summed E-state index contributed by atoms with van der Waals surface area (Å²) in [5.41, 5.74) is 0.990. The van der Waals surface area contributed by atoms with Crippen LogP contribution in [0.1, 0.15) is 22.5 Å². The maximum atomic E-state index is 11.0. The minimum Gasteiger partial charge on any atom is -0.478 e. The molecule has 1 fully saturated rings. The van der Waals surface area contributed by atoms with Crippen molar-refractivity contribution in [2.24, 2.45) is 0 Å². The van der Waals surface area contributed by atoms with Crippen molar-refractivity contribution in [3.05, 3.63) is 23.4 Å². The van der Waals surface area contributed by atoms with Crippen molar-refractivity contribution >= 4 is 11.8 Å². The molecule has 5 heteroatoms. The van der Waals surface area contributed by atoms with Crippen molar-refractivity contribution in [1.29, 1.82) is 0 Å². The second-order valence-corrected chi connectivity index (χ2v) is 4.29. The first kappa shape index (κ1) is 11.9. The number of nitrogens with zero attached hydrogens (tertiary/aromatic N) is 2. The number of hydrogen-bond donors (Lipinski definition) is 1. The number of pyridine rings is 1. The molecular weight excluding hydrogens is 220 g/mol. The number of anilines is 1. The van der Waals surface area contributed by atoms with E-state index in [0.29, 0.717) is 18.1 Å². The van der Waals surface area contributed by atoms with Crippen molar-refractivity contribution in [3.8, 4) is 0 Å². The molecule has 0 radical (unpaired) electrons. The summed E-state index contributed by atoms with van der Waals surface area (Å²) < 4.78 is 5.32. The zero-order chi connectivity index (χ0) is 12.4. The normalized spacial score (nSPS) is 19.3. The molecule has 1 aromatic rings. The topological polar surface area (TPSA) is 62.7 Å². The smallest absolute Gasteiger partial charge is 0.335 e. The molecule has 17 heavy (non-hydrogen) atoms. The molecular formula is C12H16N2O3. The summed E-state index contributed by atoms with van der Waals surface area (Å²) in [7, 11) is 1.92. The minimum absolute atomic E-state index is 0.276. The van der Waals surface area contributed by atoms with Crippen LogP contribution in [-0.2, 0) is 4.74 Å². The Hall–Kier alpha value is -1.62. The quantitative estimate of drug-likeness (QED) is 0.857. The summed E-state index contributed by atoms with van der Waals surface area (Å²) in [6.07, 6.45) is 0.953. The van der Waals surface area contributed by atoms with Crippen LogP contribution in [0.15, 0.2) is 12.1 Å². The van der Waals surface area contributed by atoms with Crippen LogP contribution in [0.4, 0.5) is 5.82 Å². The van der Waals surface area contributed by atoms with E-state index in [2.05, 4.69) is 4.98 Å². The average Bonchev–Trinajstić information content (AvgIpc) is 2.80. The molecule has 1 atom stereocenters. The van der Waals surface area contributed by atoms with E-state index in [1.807, 2.05) is 11.9 Å². The van der Waals surface area contributed by atoms with Crippen LogP contribution >= 0.6 is 0 Å². The van der Waals surface area contributed by atoms with Gasteiger partial charge in [-0.05, 0) is 25.5 Å². The van der Waals surface area contributed by atoms with Crippen molar-refractivity contribution < 1.29 is 14.6 Å². The second kappa shape index (κ2) is 4.71. The van der Waals surface area contributed by atoms with Gasteiger partial charge in [0.2, 0.25) is 0 Å². The van der Waals surface area contributed by atoms with Crippen molar-refractivity contribution in [2.45, 2.75) is 19.4 Å². The molecule has 1 N–H and O–H groups in total. The SMILES string of the molecule is Cc1cc(C(=O)O)cc(N(C)C2CCOC2)n1. The lowest BCUT2D eigenvalue weighted by Gasteiger charge is -2.24. The fraction of sp³-hybridized carbons (Fsp3) is 0.500. The summed E-state index contributed by atoms with van der Waals surface area (Å²) in [5.74, 6) is -0.231. The Morgan fingerprint density at radius 1 is 1.59 bits per heavy atom. The Kier molecular flexibility index (Phi) is 3.28. The molecule has 2 rings (SSSR count). The lowest BCUT2D eigenvalue weighted by molar-refractivity contribution is 0.0696. The van der Waals surface area contributed by atoms with E-state index >= 15 is 0 Å². The Labute approximate surface area is 100 Å². The molecule has 0 bridgehead atoms. The third-order valence-corrected chi connectivity index (χ3v) is 3.00. The first-order chi connectivity index (χ1) is 8.08. The molecule has 1 unspecified atom stereocenters. The maximum Gasteiger partial charge on any atom is 0.335 e. The van der Waals surface area contributed by atoms with Crippen LogP contribution in [-0.4, -0.2) is 42.4 Å². The second-order valence-electron chi connectivity index (χ2n) is 4.29. The number of likely N-dealkylation sites (N-methyl/N-ethyl adjacent to an activating group) is 1. The Balaban J connectivity index is 2.27. The lowest BCUT2D eigenvalue weighted by Crippen LogP contribution is -2.32. The summed E-state index contributed by atoms with van der Waals surface area (Å²) in [4.78, 5) is 17.3. The van der Waals surface area contributed by atoms with Crippen LogP contribution < -0.4 is 4.90 Å². The molecule has 0 amide bonds. The first-order valence-corrected chi connectivity index (χ1v) is 5.60. The Bertz CT molecular complexity index is 428. The van der Waals surface area contributed by atoms with Crippen LogP contribution in [0.5, 0.6) is 0 Å². The first-order valence-electron chi connectivity index (χ1n) is 5.60. The predicted octanol–water partition coefficient (Wildman–Crippen LogP) is 1.31. The van der Waals surface area contributed by atoms with Gasteiger partial charge < -0.3 is 14.7 Å². The minimum atomic E-state index is -0.923. The molecule has 1 aliphatic rings. The van der Waals surface area contributed by atoms with Crippen LogP contribution in [0.3, 0.4) is 0 Å².